The van der Waals surface area contributed by atoms with Gasteiger partial charge in [0.2, 0.25) is 0 Å². The summed E-state index contributed by atoms with van der Waals surface area (Å²) in [6, 6.07) is 5.38. The summed E-state index contributed by atoms with van der Waals surface area (Å²) < 4.78 is 5.60. The second-order valence-corrected chi connectivity index (χ2v) is 5.27. The molecule has 2 aromatic rings. The van der Waals surface area contributed by atoms with Crippen LogP contribution >= 0.6 is 23.2 Å². The van der Waals surface area contributed by atoms with Crippen LogP contribution in [0.2, 0.25) is 10.0 Å². The average Bonchev–Trinajstić information content (AvgIpc) is 2.82. The summed E-state index contributed by atoms with van der Waals surface area (Å²) in [6.45, 7) is 4.77. The molecular weight excluding hydrogens is 297 g/mol. The molecule has 0 aliphatic heterocycles. The molecule has 0 spiro atoms. The molecule has 1 unspecified atom stereocenters. The van der Waals surface area contributed by atoms with Gasteiger partial charge in [0.1, 0.15) is 11.8 Å². The van der Waals surface area contributed by atoms with Crippen molar-refractivity contribution in [3.8, 4) is 0 Å². The van der Waals surface area contributed by atoms with E-state index in [0.29, 0.717) is 10.0 Å². The van der Waals surface area contributed by atoms with E-state index in [9.17, 15) is 0 Å². The molecule has 6 heteroatoms. The fourth-order valence-electron chi connectivity index (χ4n) is 2.12. The van der Waals surface area contributed by atoms with Gasteiger partial charge in [0.05, 0.1) is 12.2 Å². The lowest BCUT2D eigenvalue weighted by molar-refractivity contribution is 0.131. The third kappa shape index (κ3) is 3.14. The predicted molar refractivity (Wildman–Crippen MR) is 80.4 cm³/mol. The van der Waals surface area contributed by atoms with E-state index in [2.05, 4.69) is 10.2 Å². The Balaban J connectivity index is 2.48. The maximum absolute atomic E-state index is 6.06. The molecule has 0 aliphatic carbocycles. The Labute approximate surface area is 128 Å². The van der Waals surface area contributed by atoms with E-state index >= 15 is 0 Å². The van der Waals surface area contributed by atoms with Crippen molar-refractivity contribution >= 4 is 23.2 Å². The van der Waals surface area contributed by atoms with Crippen molar-refractivity contribution in [2.75, 3.05) is 7.11 Å². The van der Waals surface area contributed by atoms with Crippen LogP contribution in [0.4, 0.5) is 0 Å². The Hall–Kier alpha value is -1.10. The number of nitrogens with zero attached hydrogens (tertiary/aromatic N) is 3. The molecule has 2 rings (SSSR count). The fourth-order valence-corrected chi connectivity index (χ4v) is 2.67. The summed E-state index contributed by atoms with van der Waals surface area (Å²) in [7, 11) is 1.64. The van der Waals surface area contributed by atoms with Crippen molar-refractivity contribution in [1.29, 1.82) is 0 Å². The van der Waals surface area contributed by atoms with Crippen LogP contribution in [0.1, 0.15) is 36.9 Å². The van der Waals surface area contributed by atoms with E-state index in [4.69, 9.17) is 27.9 Å². The second kappa shape index (κ2) is 6.57. The molecule has 20 heavy (non-hydrogen) atoms. The molecule has 1 atom stereocenters. The van der Waals surface area contributed by atoms with Gasteiger partial charge in [-0.15, -0.1) is 0 Å². The van der Waals surface area contributed by atoms with E-state index in [-0.39, 0.29) is 6.10 Å². The third-order valence-corrected chi connectivity index (χ3v) is 3.48. The van der Waals surface area contributed by atoms with Gasteiger partial charge in [0, 0.05) is 17.2 Å². The van der Waals surface area contributed by atoms with Gasteiger partial charge < -0.3 is 4.74 Å². The molecule has 108 valence electrons. The van der Waals surface area contributed by atoms with Crippen LogP contribution in [0.15, 0.2) is 18.2 Å². The zero-order valence-electron chi connectivity index (χ0n) is 11.7. The van der Waals surface area contributed by atoms with Crippen LogP contribution in [-0.2, 0) is 17.7 Å². The van der Waals surface area contributed by atoms with Crippen molar-refractivity contribution < 1.29 is 4.74 Å². The molecule has 0 aliphatic rings. The smallest absolute Gasteiger partial charge is 0.128 e. The Bertz CT molecular complexity index is 578. The summed E-state index contributed by atoms with van der Waals surface area (Å²) in [4.78, 5) is 1.67. The van der Waals surface area contributed by atoms with E-state index in [1.54, 1.807) is 18.0 Å². The minimum atomic E-state index is -0.318. The van der Waals surface area contributed by atoms with E-state index < -0.39 is 0 Å². The van der Waals surface area contributed by atoms with Crippen molar-refractivity contribution in [2.45, 2.75) is 32.9 Å². The van der Waals surface area contributed by atoms with Crippen LogP contribution < -0.4 is 0 Å². The molecule has 1 aromatic heterocycles. The number of rotatable bonds is 5. The fraction of sp³-hybridized carbons (Fsp3) is 0.429. The summed E-state index contributed by atoms with van der Waals surface area (Å²) in [5.41, 5.74) is 2.62. The largest absolute Gasteiger partial charge is 0.370 e. The summed E-state index contributed by atoms with van der Waals surface area (Å²) >= 11 is 12.1. The van der Waals surface area contributed by atoms with Gasteiger partial charge in [0.15, 0.2) is 0 Å². The summed E-state index contributed by atoms with van der Waals surface area (Å²) in [5.74, 6) is 0. The lowest BCUT2D eigenvalue weighted by Crippen LogP contribution is -2.07. The molecule has 4 nitrogen and oxygen atoms in total. The SMILES string of the molecule is CCc1nn(CC)nc1C(OC)c1cc(Cl)cc(Cl)c1. The van der Waals surface area contributed by atoms with Gasteiger partial charge in [-0.3, -0.25) is 0 Å². The maximum Gasteiger partial charge on any atom is 0.128 e. The lowest BCUT2D eigenvalue weighted by Gasteiger charge is -2.15. The molecule has 0 fully saturated rings. The molecule has 1 aromatic carbocycles. The van der Waals surface area contributed by atoms with Gasteiger partial charge >= 0.3 is 0 Å². The van der Waals surface area contributed by atoms with E-state index in [1.807, 2.05) is 26.0 Å². The van der Waals surface area contributed by atoms with Gasteiger partial charge in [-0.05, 0) is 37.1 Å². The second-order valence-electron chi connectivity index (χ2n) is 4.39. The Morgan fingerprint density at radius 3 is 2.30 bits per heavy atom. The number of methoxy groups -OCH3 is 1. The van der Waals surface area contributed by atoms with Crippen LogP contribution in [0.25, 0.3) is 0 Å². The molecule has 0 saturated heterocycles. The molecule has 0 N–H and O–H groups in total. The number of hydrogen-bond acceptors (Lipinski definition) is 3. The first kappa shape index (κ1) is 15.3. The zero-order valence-corrected chi connectivity index (χ0v) is 13.2. The average molecular weight is 314 g/mol. The Morgan fingerprint density at radius 2 is 1.80 bits per heavy atom. The molecule has 0 amide bonds. The van der Waals surface area contributed by atoms with Crippen molar-refractivity contribution in [3.05, 3.63) is 45.2 Å². The number of halogens is 2. The molecule has 0 bridgehead atoms. The van der Waals surface area contributed by atoms with Crippen LogP contribution in [0.3, 0.4) is 0 Å². The van der Waals surface area contributed by atoms with Crippen LogP contribution in [0.5, 0.6) is 0 Å². The van der Waals surface area contributed by atoms with Gasteiger partial charge in [-0.2, -0.15) is 15.0 Å². The highest BCUT2D eigenvalue weighted by molar-refractivity contribution is 6.34. The number of aryl methyl sites for hydroxylation is 2. The summed E-state index contributed by atoms with van der Waals surface area (Å²) in [5, 5.41) is 10.1. The standard InChI is InChI=1S/C14H17Cl2N3O/c1-4-12-13(18-19(5-2)17-12)14(20-3)9-6-10(15)8-11(16)7-9/h6-8,14H,4-5H2,1-3H3. The highest BCUT2D eigenvalue weighted by atomic mass is 35.5. The molecule has 0 saturated carbocycles. The number of ether oxygens (including phenoxy) is 1. The van der Waals surface area contributed by atoms with E-state index in [1.165, 1.54) is 0 Å². The van der Waals surface area contributed by atoms with Crippen molar-refractivity contribution in [1.82, 2.24) is 15.0 Å². The zero-order chi connectivity index (χ0) is 14.7. The van der Waals surface area contributed by atoms with Gasteiger partial charge in [-0.1, -0.05) is 30.1 Å². The van der Waals surface area contributed by atoms with Crippen LogP contribution in [-0.4, -0.2) is 22.1 Å². The number of aromatic nitrogens is 3. The predicted octanol–water partition coefficient (Wildman–Crippen LogP) is 3.90. The lowest BCUT2D eigenvalue weighted by atomic mass is 10.0. The van der Waals surface area contributed by atoms with Gasteiger partial charge in [-0.25, -0.2) is 0 Å². The molecule has 0 radical (unpaired) electrons. The number of hydrogen-bond donors (Lipinski definition) is 0. The normalized spacial score (nSPS) is 12.7. The Morgan fingerprint density at radius 1 is 1.15 bits per heavy atom. The Kier molecular flexibility index (Phi) is 5.02. The first-order valence-corrected chi connectivity index (χ1v) is 7.27. The molecule has 1 heterocycles. The van der Waals surface area contributed by atoms with E-state index in [0.717, 1.165) is 29.9 Å². The number of benzene rings is 1. The maximum atomic E-state index is 6.06. The minimum absolute atomic E-state index is 0.318. The highest BCUT2D eigenvalue weighted by Gasteiger charge is 2.22. The van der Waals surface area contributed by atoms with Crippen molar-refractivity contribution in [3.63, 3.8) is 0 Å². The quantitative estimate of drug-likeness (QED) is 0.840. The topological polar surface area (TPSA) is 39.9 Å². The molecular formula is C14H17Cl2N3O. The highest BCUT2D eigenvalue weighted by Crippen LogP contribution is 2.30. The van der Waals surface area contributed by atoms with Crippen LogP contribution in [0, 0.1) is 0 Å². The monoisotopic (exact) mass is 313 g/mol. The van der Waals surface area contributed by atoms with Gasteiger partial charge in [0.25, 0.3) is 0 Å². The summed E-state index contributed by atoms with van der Waals surface area (Å²) in [6.07, 6.45) is 0.477. The first-order valence-electron chi connectivity index (χ1n) is 6.51. The minimum Gasteiger partial charge on any atom is -0.370 e. The third-order valence-electron chi connectivity index (χ3n) is 3.04. The first-order chi connectivity index (χ1) is 9.58. The van der Waals surface area contributed by atoms with Crippen molar-refractivity contribution in [2.24, 2.45) is 0 Å².